The second kappa shape index (κ2) is 6.67. The molecule has 1 heteroatoms. The molecule has 0 amide bonds. The molecule has 0 aromatic heterocycles. The largest absolute Gasteiger partial charge is 0.392 e. The van der Waals surface area contributed by atoms with Gasteiger partial charge in [-0.25, -0.2) is 0 Å². The average Bonchev–Trinajstić information content (AvgIpc) is 2.10. The first kappa shape index (κ1) is 12.2. The summed E-state index contributed by atoms with van der Waals surface area (Å²) in [7, 11) is 0. The maximum Gasteiger partial charge on any atom is 0.0642 e. The lowest BCUT2D eigenvalue weighted by atomic mass is 10.1. The lowest BCUT2D eigenvalue weighted by Crippen LogP contribution is -1.86. The van der Waals surface area contributed by atoms with Crippen molar-refractivity contribution in [2.45, 2.75) is 33.6 Å². The fraction of sp³-hybridized carbons (Fsp3) is 0.500. The van der Waals surface area contributed by atoms with Crippen LogP contribution in [0, 0.1) is 0 Å². The van der Waals surface area contributed by atoms with E-state index in [1.807, 2.05) is 0 Å². The Bertz CT molecular complexity index is 217. The summed E-state index contributed by atoms with van der Waals surface area (Å²) in [5.41, 5.74) is 3.54. The fourth-order valence-electron chi connectivity index (χ4n) is 0.832. The van der Waals surface area contributed by atoms with Crippen LogP contribution in [0.5, 0.6) is 0 Å². The van der Waals surface area contributed by atoms with Crippen molar-refractivity contribution in [2.75, 3.05) is 6.61 Å². The lowest BCUT2D eigenvalue weighted by Gasteiger charge is -1.99. The summed E-state index contributed by atoms with van der Waals surface area (Å²) in [5, 5.41) is 8.73. The summed E-state index contributed by atoms with van der Waals surface area (Å²) >= 11 is 0. The first-order valence-corrected chi connectivity index (χ1v) is 4.62. The Labute approximate surface area is 81.5 Å². The molecule has 0 spiro atoms. The first-order valence-electron chi connectivity index (χ1n) is 4.62. The molecule has 1 N–H and O–H groups in total. The van der Waals surface area contributed by atoms with Gasteiger partial charge in [-0.3, -0.25) is 0 Å². The predicted molar refractivity (Wildman–Crippen MR) is 58.6 cm³/mol. The third-order valence-electron chi connectivity index (χ3n) is 1.80. The van der Waals surface area contributed by atoms with Crippen LogP contribution < -0.4 is 0 Å². The van der Waals surface area contributed by atoms with Crippen LogP contribution in [0.1, 0.15) is 33.6 Å². The van der Waals surface area contributed by atoms with Crippen LogP contribution in [-0.2, 0) is 0 Å². The molecule has 0 aliphatic carbocycles. The number of hydrogen-bond donors (Lipinski definition) is 1. The van der Waals surface area contributed by atoms with Crippen molar-refractivity contribution in [1.82, 2.24) is 0 Å². The van der Waals surface area contributed by atoms with E-state index in [-0.39, 0.29) is 6.61 Å². The molecular weight excluding hydrogens is 160 g/mol. The number of allylic oxidation sites excluding steroid dienone is 4. The number of aliphatic hydroxyl groups excluding tert-OH is 1. The van der Waals surface area contributed by atoms with Gasteiger partial charge in [0.25, 0.3) is 0 Å². The summed E-state index contributed by atoms with van der Waals surface area (Å²) in [6, 6.07) is 0. The molecule has 1 nitrogen and oxygen atoms in total. The van der Waals surface area contributed by atoms with E-state index < -0.39 is 0 Å². The van der Waals surface area contributed by atoms with E-state index in [0.29, 0.717) is 0 Å². The van der Waals surface area contributed by atoms with Gasteiger partial charge in [0.2, 0.25) is 0 Å². The third kappa shape index (κ3) is 7.54. The molecule has 0 radical (unpaired) electrons. The second-order valence-corrected chi connectivity index (χ2v) is 3.65. The molecule has 0 bridgehead atoms. The van der Waals surface area contributed by atoms with E-state index in [9.17, 15) is 0 Å². The van der Waals surface area contributed by atoms with Crippen molar-refractivity contribution in [1.29, 1.82) is 0 Å². The molecule has 0 heterocycles. The van der Waals surface area contributed by atoms with Gasteiger partial charge in [0.05, 0.1) is 6.61 Å². The molecule has 0 fully saturated rings. The van der Waals surface area contributed by atoms with E-state index >= 15 is 0 Å². The average molecular weight is 180 g/mol. The zero-order valence-electron chi connectivity index (χ0n) is 8.93. The standard InChI is InChI=1S/C12H20O/c1-10(2)5-6-11(3)7-8-12(4)9-13/h5,7,13H,4,6,8-9H2,1-3H3/b11-7+. The Morgan fingerprint density at radius 3 is 2.23 bits per heavy atom. The fourth-order valence-corrected chi connectivity index (χ4v) is 0.832. The van der Waals surface area contributed by atoms with E-state index in [1.165, 1.54) is 11.1 Å². The zero-order chi connectivity index (χ0) is 10.3. The highest BCUT2D eigenvalue weighted by atomic mass is 16.3. The highest BCUT2D eigenvalue weighted by Gasteiger charge is 1.90. The maximum atomic E-state index is 8.73. The zero-order valence-corrected chi connectivity index (χ0v) is 8.93. The summed E-state index contributed by atoms with van der Waals surface area (Å²) < 4.78 is 0. The lowest BCUT2D eigenvalue weighted by molar-refractivity contribution is 0.329. The van der Waals surface area contributed by atoms with E-state index in [0.717, 1.165) is 18.4 Å². The van der Waals surface area contributed by atoms with Gasteiger partial charge in [-0.05, 0) is 39.2 Å². The topological polar surface area (TPSA) is 20.2 Å². The highest BCUT2D eigenvalue weighted by Crippen LogP contribution is 2.07. The van der Waals surface area contributed by atoms with Gasteiger partial charge in [-0.15, -0.1) is 0 Å². The van der Waals surface area contributed by atoms with E-state index in [1.54, 1.807) is 0 Å². The second-order valence-electron chi connectivity index (χ2n) is 3.65. The van der Waals surface area contributed by atoms with E-state index in [4.69, 9.17) is 5.11 Å². The Morgan fingerprint density at radius 1 is 1.15 bits per heavy atom. The van der Waals surface area contributed by atoms with Crippen LogP contribution in [0.2, 0.25) is 0 Å². The summed E-state index contributed by atoms with van der Waals surface area (Å²) in [4.78, 5) is 0. The van der Waals surface area contributed by atoms with Crippen molar-refractivity contribution in [2.24, 2.45) is 0 Å². The molecule has 0 aliphatic rings. The Hall–Kier alpha value is -0.820. The molecule has 0 aromatic carbocycles. The van der Waals surface area contributed by atoms with Crippen LogP contribution in [0.25, 0.3) is 0 Å². The molecule has 13 heavy (non-hydrogen) atoms. The first-order chi connectivity index (χ1) is 6.06. The molecule has 0 unspecified atom stereocenters. The Morgan fingerprint density at radius 2 is 1.77 bits per heavy atom. The predicted octanol–water partition coefficient (Wildman–Crippen LogP) is 3.23. The molecular formula is C12H20O. The smallest absolute Gasteiger partial charge is 0.0642 e. The molecule has 74 valence electrons. The minimum Gasteiger partial charge on any atom is -0.392 e. The SMILES string of the molecule is C=C(CO)C/C=C(\C)CC=C(C)C. The van der Waals surface area contributed by atoms with Crippen molar-refractivity contribution in [3.05, 3.63) is 35.5 Å². The minimum absolute atomic E-state index is 0.0897. The Kier molecular flexibility index (Phi) is 6.25. The monoisotopic (exact) mass is 180 g/mol. The molecule has 0 saturated carbocycles. The number of rotatable bonds is 5. The van der Waals surface area contributed by atoms with Crippen LogP contribution in [0.15, 0.2) is 35.5 Å². The van der Waals surface area contributed by atoms with E-state index in [2.05, 4.69) is 39.5 Å². The number of aliphatic hydroxyl groups is 1. The molecule has 0 aliphatic heterocycles. The minimum atomic E-state index is 0.0897. The van der Waals surface area contributed by atoms with Crippen LogP contribution >= 0.6 is 0 Å². The summed E-state index contributed by atoms with van der Waals surface area (Å²) in [6.07, 6.45) is 6.12. The molecule has 0 rings (SSSR count). The Balaban J connectivity index is 3.89. The summed E-state index contributed by atoms with van der Waals surface area (Å²) in [6.45, 7) is 10.1. The van der Waals surface area contributed by atoms with Gasteiger partial charge < -0.3 is 5.11 Å². The van der Waals surface area contributed by atoms with Gasteiger partial charge in [0, 0.05) is 0 Å². The van der Waals surface area contributed by atoms with Gasteiger partial charge in [-0.2, -0.15) is 0 Å². The molecule has 0 aromatic rings. The normalized spacial score (nSPS) is 11.2. The van der Waals surface area contributed by atoms with Crippen molar-refractivity contribution >= 4 is 0 Å². The number of hydrogen-bond acceptors (Lipinski definition) is 1. The van der Waals surface area contributed by atoms with Crippen LogP contribution in [-0.4, -0.2) is 11.7 Å². The maximum absolute atomic E-state index is 8.73. The van der Waals surface area contributed by atoms with Crippen molar-refractivity contribution in [3.8, 4) is 0 Å². The van der Waals surface area contributed by atoms with Gasteiger partial charge in [0.1, 0.15) is 0 Å². The summed E-state index contributed by atoms with van der Waals surface area (Å²) in [5.74, 6) is 0. The van der Waals surface area contributed by atoms with Crippen LogP contribution in [0.4, 0.5) is 0 Å². The van der Waals surface area contributed by atoms with Crippen LogP contribution in [0.3, 0.4) is 0 Å². The van der Waals surface area contributed by atoms with Gasteiger partial charge in [-0.1, -0.05) is 29.9 Å². The third-order valence-corrected chi connectivity index (χ3v) is 1.80. The molecule has 0 atom stereocenters. The highest BCUT2D eigenvalue weighted by molar-refractivity contribution is 5.11. The van der Waals surface area contributed by atoms with Gasteiger partial charge in [0.15, 0.2) is 0 Å². The molecule has 0 saturated heterocycles. The quantitative estimate of drug-likeness (QED) is 0.644. The van der Waals surface area contributed by atoms with Crippen molar-refractivity contribution in [3.63, 3.8) is 0 Å². The van der Waals surface area contributed by atoms with Gasteiger partial charge >= 0.3 is 0 Å². The van der Waals surface area contributed by atoms with Crippen molar-refractivity contribution < 1.29 is 5.11 Å².